The Labute approximate surface area is 226 Å². The molecule has 1 saturated heterocycles. The van der Waals surface area contributed by atoms with Crippen LogP contribution in [-0.2, 0) is 30.2 Å². The van der Waals surface area contributed by atoms with E-state index in [9.17, 15) is 18.9 Å². The number of rotatable bonds is 6. The molecule has 4 rings (SSSR count). The lowest BCUT2D eigenvalue weighted by Crippen LogP contribution is -2.75. The molecule has 2 aromatic rings. The molecular formula is C26H27IN2O6S. The number of fused-ring (bicyclic) bond motifs is 1. The van der Waals surface area contributed by atoms with Gasteiger partial charge in [0.25, 0.3) is 5.91 Å². The van der Waals surface area contributed by atoms with Gasteiger partial charge in [-0.1, -0.05) is 83.3 Å². The highest BCUT2D eigenvalue weighted by molar-refractivity contribution is 14.1. The predicted octanol–water partition coefficient (Wildman–Crippen LogP) is 3.83. The monoisotopic (exact) mass is 622 g/mol. The maximum Gasteiger partial charge on any atom is 0.408 e. The van der Waals surface area contributed by atoms with Crippen LogP contribution >= 0.6 is 22.6 Å². The van der Waals surface area contributed by atoms with Gasteiger partial charge in [-0.05, 0) is 43.1 Å². The van der Waals surface area contributed by atoms with Crippen LogP contribution in [0, 0.1) is 0 Å². The second-order valence-corrected chi connectivity index (χ2v) is 11.7. The summed E-state index contributed by atoms with van der Waals surface area (Å²) in [6.45, 7) is 5.12. The second-order valence-electron chi connectivity index (χ2n) is 9.44. The first-order chi connectivity index (χ1) is 17.1. The van der Waals surface area contributed by atoms with Gasteiger partial charge >= 0.3 is 12.1 Å². The number of ether oxygens (including phenoxy) is 2. The molecule has 190 valence electrons. The highest BCUT2D eigenvalue weighted by Gasteiger charge is 2.61. The fourth-order valence-electron chi connectivity index (χ4n) is 4.13. The average molecular weight is 622 g/mol. The summed E-state index contributed by atoms with van der Waals surface area (Å²) >= 11 is 0.576. The third-order valence-electron chi connectivity index (χ3n) is 5.66. The van der Waals surface area contributed by atoms with E-state index in [1.165, 1.54) is 4.90 Å². The van der Waals surface area contributed by atoms with E-state index in [0.29, 0.717) is 10.0 Å². The molecule has 1 fully saturated rings. The summed E-state index contributed by atoms with van der Waals surface area (Å²) in [5, 5.41) is 1.65. The Morgan fingerprint density at radius 1 is 1.11 bits per heavy atom. The van der Waals surface area contributed by atoms with Gasteiger partial charge in [-0.15, -0.1) is 0 Å². The van der Waals surface area contributed by atoms with Gasteiger partial charge in [-0.3, -0.25) is 9.69 Å². The number of alkyl halides is 1. The quantitative estimate of drug-likeness (QED) is 0.173. The molecule has 36 heavy (non-hydrogen) atoms. The summed E-state index contributed by atoms with van der Waals surface area (Å²) in [7, 11) is 0. The Balaban J connectivity index is 1.60. The number of hydrogen-bond donors (Lipinski definition) is 1. The molecule has 2 aromatic carbocycles. The van der Waals surface area contributed by atoms with Gasteiger partial charge in [-0.2, -0.15) is 0 Å². The average Bonchev–Trinajstić information content (AvgIpc) is 2.85. The van der Waals surface area contributed by atoms with Crippen LogP contribution in [0.5, 0.6) is 0 Å². The normalized spacial score (nSPS) is 21.6. The van der Waals surface area contributed by atoms with Gasteiger partial charge in [0.05, 0.1) is 0 Å². The largest absolute Gasteiger partial charge is 0.614 e. The van der Waals surface area contributed by atoms with E-state index in [2.05, 4.69) is 27.9 Å². The van der Waals surface area contributed by atoms with Crippen LogP contribution in [0.1, 0.15) is 38.0 Å². The van der Waals surface area contributed by atoms with Crippen LogP contribution in [0.15, 0.2) is 71.9 Å². The van der Waals surface area contributed by atoms with Crippen LogP contribution in [0.2, 0.25) is 0 Å². The van der Waals surface area contributed by atoms with Gasteiger partial charge in [0.15, 0.2) is 12.1 Å². The van der Waals surface area contributed by atoms with Crippen molar-refractivity contribution in [1.29, 1.82) is 0 Å². The lowest BCUT2D eigenvalue weighted by Gasteiger charge is -2.49. The summed E-state index contributed by atoms with van der Waals surface area (Å²) in [6, 6.07) is 17.6. The van der Waals surface area contributed by atoms with Gasteiger partial charge in [-0.25, -0.2) is 9.59 Å². The first-order valence-electron chi connectivity index (χ1n) is 11.4. The van der Waals surface area contributed by atoms with Crippen molar-refractivity contribution in [2.45, 2.75) is 43.9 Å². The minimum absolute atomic E-state index is 0.0955. The summed E-state index contributed by atoms with van der Waals surface area (Å²) in [5.41, 5.74) is 1.47. The molecule has 0 saturated carbocycles. The van der Waals surface area contributed by atoms with Crippen molar-refractivity contribution in [2.75, 3.05) is 10.2 Å². The summed E-state index contributed by atoms with van der Waals surface area (Å²) in [6.07, 6.45) is -1.47. The molecule has 10 heteroatoms. The molecular weight excluding hydrogens is 595 g/mol. The van der Waals surface area contributed by atoms with Crippen LogP contribution in [0.3, 0.4) is 0 Å². The Morgan fingerprint density at radius 2 is 1.67 bits per heavy atom. The number of nitrogens with one attached hydrogen (secondary N) is 1. The number of amides is 2. The molecule has 8 nitrogen and oxygen atoms in total. The van der Waals surface area contributed by atoms with Gasteiger partial charge in [0, 0.05) is 10.0 Å². The lowest BCUT2D eigenvalue weighted by atomic mass is 10.0. The number of benzene rings is 2. The van der Waals surface area contributed by atoms with Crippen molar-refractivity contribution in [3.05, 3.63) is 83.1 Å². The Morgan fingerprint density at radius 3 is 2.17 bits per heavy atom. The van der Waals surface area contributed by atoms with Gasteiger partial charge in [0.2, 0.25) is 5.37 Å². The number of nitrogens with zero attached hydrogens (tertiary/aromatic N) is 1. The summed E-state index contributed by atoms with van der Waals surface area (Å²) in [4.78, 5) is 40.2. The summed E-state index contributed by atoms with van der Waals surface area (Å²) in [5.74, 6) is -1.09. The third kappa shape index (κ3) is 5.55. The summed E-state index contributed by atoms with van der Waals surface area (Å²) < 4.78 is 24.7. The molecule has 0 aliphatic carbocycles. The van der Waals surface area contributed by atoms with Crippen molar-refractivity contribution < 1.29 is 28.4 Å². The number of carbonyl (C=O) groups excluding carboxylic acids is 3. The van der Waals surface area contributed by atoms with Crippen molar-refractivity contribution in [1.82, 2.24) is 10.2 Å². The maximum absolute atomic E-state index is 13.6. The highest BCUT2D eigenvalue weighted by atomic mass is 127. The zero-order valence-corrected chi connectivity index (χ0v) is 23.1. The first kappa shape index (κ1) is 26.5. The fraction of sp³-hybridized carbons (Fsp3) is 0.346. The molecule has 2 aliphatic heterocycles. The Kier molecular flexibility index (Phi) is 7.96. The van der Waals surface area contributed by atoms with Crippen molar-refractivity contribution in [3.8, 4) is 0 Å². The molecule has 0 radical (unpaired) electrons. The number of β-lactam (4-membered cyclic amide) rings is 1. The maximum atomic E-state index is 13.6. The van der Waals surface area contributed by atoms with E-state index in [-0.39, 0.29) is 11.4 Å². The van der Waals surface area contributed by atoms with E-state index in [4.69, 9.17) is 9.47 Å². The Bertz CT molecular complexity index is 1130. The van der Waals surface area contributed by atoms with E-state index in [1.807, 2.05) is 60.7 Å². The van der Waals surface area contributed by atoms with E-state index < -0.39 is 52.3 Å². The molecule has 2 amide bonds. The SMILES string of the molecule is CC(C)(C)OC(=O)NC1C(=O)N2C(C(=O)OC(c3ccccc3)c3ccccc3)=C(CI)C[S+]([O-])[C@@H]12. The topological polar surface area (TPSA) is 108 Å². The van der Waals surface area contributed by atoms with Crippen LogP contribution in [-0.4, -0.2) is 54.6 Å². The zero-order valence-electron chi connectivity index (χ0n) is 20.1. The minimum atomic E-state index is -1.51. The third-order valence-corrected chi connectivity index (χ3v) is 8.24. The van der Waals surface area contributed by atoms with Gasteiger partial charge in [0.1, 0.15) is 17.1 Å². The molecule has 0 spiro atoms. The number of esters is 1. The first-order valence-corrected chi connectivity index (χ1v) is 14.3. The Hall–Kier alpha value is -2.57. The molecule has 2 unspecified atom stereocenters. The predicted molar refractivity (Wildman–Crippen MR) is 144 cm³/mol. The minimum Gasteiger partial charge on any atom is -0.614 e. The standard InChI is InChI=1S/C26H27IN2O6S/c1-26(2,3)35-25(32)28-19-22(30)29-20(18(14-27)15-36(33)23(19)29)24(31)34-21(16-10-6-4-7-11-16)17-12-8-5-9-13-17/h4-13,19,21,23H,14-15H2,1-3H3,(H,28,32)/t19?,23-,36?/m0/s1. The highest BCUT2D eigenvalue weighted by Crippen LogP contribution is 2.39. The molecule has 0 aromatic heterocycles. The van der Waals surface area contributed by atoms with Crippen LogP contribution in [0.4, 0.5) is 4.79 Å². The second kappa shape index (κ2) is 10.8. The van der Waals surface area contributed by atoms with Crippen molar-refractivity contribution in [2.24, 2.45) is 0 Å². The number of hydrogen-bond acceptors (Lipinski definition) is 6. The molecule has 0 bridgehead atoms. The fourth-order valence-corrected chi connectivity index (χ4v) is 6.81. The molecule has 1 N–H and O–H groups in total. The van der Waals surface area contributed by atoms with Gasteiger partial charge < -0.3 is 19.3 Å². The number of halogens is 1. The van der Waals surface area contributed by atoms with E-state index >= 15 is 0 Å². The smallest absolute Gasteiger partial charge is 0.408 e. The number of carbonyl (C=O) groups is 3. The van der Waals surface area contributed by atoms with Crippen LogP contribution < -0.4 is 5.32 Å². The zero-order chi connectivity index (χ0) is 26.0. The van der Waals surface area contributed by atoms with Crippen molar-refractivity contribution in [3.63, 3.8) is 0 Å². The molecule has 2 heterocycles. The van der Waals surface area contributed by atoms with E-state index in [1.54, 1.807) is 20.8 Å². The van der Waals surface area contributed by atoms with E-state index in [0.717, 1.165) is 11.1 Å². The number of alkyl carbamates (subject to hydrolysis) is 1. The molecule has 3 atom stereocenters. The molecule has 2 aliphatic rings. The van der Waals surface area contributed by atoms with Crippen molar-refractivity contribution >= 4 is 51.7 Å². The lowest BCUT2D eigenvalue weighted by molar-refractivity contribution is -0.154. The van der Waals surface area contributed by atoms with Crippen LogP contribution in [0.25, 0.3) is 0 Å².